The van der Waals surface area contributed by atoms with E-state index in [4.69, 9.17) is 9.84 Å². The van der Waals surface area contributed by atoms with Crippen LogP contribution in [0.25, 0.3) is 10.1 Å². The number of aromatic nitrogens is 1. The van der Waals surface area contributed by atoms with E-state index in [9.17, 15) is 10.1 Å². The molecule has 0 radical (unpaired) electrons. The summed E-state index contributed by atoms with van der Waals surface area (Å²) < 4.78 is 6.80. The molecule has 21 heavy (non-hydrogen) atoms. The first-order chi connectivity index (χ1) is 10.1. The van der Waals surface area contributed by atoms with E-state index in [2.05, 4.69) is 11.1 Å². The van der Waals surface area contributed by atoms with Gasteiger partial charge in [-0.25, -0.2) is 0 Å². The number of carbonyl (C=O) groups is 1. The summed E-state index contributed by atoms with van der Waals surface area (Å²) in [4.78, 5) is 15.4. The first-order valence-electron chi connectivity index (χ1n) is 6.50. The van der Waals surface area contributed by atoms with Crippen LogP contribution in [0.2, 0.25) is 0 Å². The molecule has 1 N–H and O–H groups in total. The summed E-state index contributed by atoms with van der Waals surface area (Å²) in [5.74, 6) is -0.321. The molecule has 1 fully saturated rings. The number of aromatic carboxylic acids is 1. The van der Waals surface area contributed by atoms with Crippen LogP contribution in [0.3, 0.4) is 0 Å². The zero-order chi connectivity index (χ0) is 15.0. The van der Waals surface area contributed by atoms with Gasteiger partial charge in [-0.1, -0.05) is 0 Å². The number of rotatable bonds is 4. The summed E-state index contributed by atoms with van der Waals surface area (Å²) in [5.41, 5.74) is 1.82. The van der Waals surface area contributed by atoms with Gasteiger partial charge in [-0.15, -0.1) is 0 Å². The molecule has 0 unspecified atom stereocenters. The molecule has 0 aliphatic heterocycles. The van der Waals surface area contributed by atoms with E-state index >= 15 is 0 Å². The van der Waals surface area contributed by atoms with Crippen molar-refractivity contribution in [3.8, 4) is 22.0 Å². The molecule has 1 aliphatic rings. The number of ether oxygens (including phenoxy) is 1. The summed E-state index contributed by atoms with van der Waals surface area (Å²) >= 11 is -0.332. The van der Waals surface area contributed by atoms with E-state index in [1.54, 1.807) is 19.1 Å². The maximum atomic E-state index is 11.1. The molecule has 2 aromatic rings. The number of benzene rings is 1. The molecule has 1 aliphatic carbocycles. The third-order valence-corrected chi connectivity index (χ3v) is 5.66. The molecule has 1 aromatic carbocycles. The number of carboxylic acid groups (broad SMARTS) is 1. The zero-order valence-corrected chi connectivity index (χ0v) is 13.0. The van der Waals surface area contributed by atoms with Crippen molar-refractivity contribution in [1.29, 1.82) is 5.26 Å². The minimum atomic E-state index is -0.916. The average Bonchev–Trinajstić information content (AvgIpc) is 3.19. The Balaban J connectivity index is 1.97. The van der Waals surface area contributed by atoms with Gasteiger partial charge >= 0.3 is 127 Å². The summed E-state index contributed by atoms with van der Waals surface area (Å²) in [6.45, 7) is 1.70. The van der Waals surface area contributed by atoms with Crippen molar-refractivity contribution >= 4 is 20.5 Å². The molecule has 3 rings (SSSR count). The van der Waals surface area contributed by atoms with Gasteiger partial charge in [-0.2, -0.15) is 0 Å². The molecule has 5 nitrogen and oxygen atoms in total. The second-order valence-electron chi connectivity index (χ2n) is 4.88. The Labute approximate surface area is 127 Å². The number of aryl methyl sites for hydroxylation is 1. The van der Waals surface area contributed by atoms with Crippen molar-refractivity contribution in [1.82, 2.24) is 4.98 Å². The zero-order valence-electron chi connectivity index (χ0n) is 11.3. The predicted molar refractivity (Wildman–Crippen MR) is 76.7 cm³/mol. The number of hydrogen-bond acceptors (Lipinski definition) is 4. The van der Waals surface area contributed by atoms with Crippen LogP contribution in [0.1, 0.15) is 33.3 Å². The van der Waals surface area contributed by atoms with Crippen molar-refractivity contribution < 1.29 is 14.6 Å². The normalized spacial score (nSPS) is 13.7. The van der Waals surface area contributed by atoms with Crippen LogP contribution in [-0.2, 0) is 0 Å². The topological polar surface area (TPSA) is 83.2 Å². The number of carboxylic acids is 1. The standard InChI is InChI=1S/C15H12N2O3Se/c1-8-13(15(18)19)21-14(17-8)9-2-5-12(10(6-9)7-16)20-11-3-4-11/h2,5-6,11H,3-4H2,1H3,(H,18,19). The monoisotopic (exact) mass is 348 g/mol. The quantitative estimate of drug-likeness (QED) is 0.858. The second-order valence-corrected chi connectivity index (χ2v) is 6.97. The molecule has 106 valence electrons. The summed E-state index contributed by atoms with van der Waals surface area (Å²) in [6, 6.07) is 7.49. The van der Waals surface area contributed by atoms with Gasteiger partial charge in [-0.05, 0) is 0 Å². The van der Waals surface area contributed by atoms with Crippen LogP contribution >= 0.6 is 0 Å². The van der Waals surface area contributed by atoms with Gasteiger partial charge in [0, 0.05) is 0 Å². The third-order valence-electron chi connectivity index (χ3n) is 3.16. The molecule has 1 aromatic heterocycles. The molecule has 1 heterocycles. The number of nitriles is 1. The van der Waals surface area contributed by atoms with Crippen molar-refractivity contribution in [3.63, 3.8) is 0 Å². The number of hydrogen-bond donors (Lipinski definition) is 1. The molecule has 0 atom stereocenters. The molecular formula is C15H12N2O3Se. The third kappa shape index (κ3) is 2.85. The van der Waals surface area contributed by atoms with Gasteiger partial charge in [-0.3, -0.25) is 0 Å². The van der Waals surface area contributed by atoms with Gasteiger partial charge in [0.15, 0.2) is 0 Å². The van der Waals surface area contributed by atoms with Crippen LogP contribution in [0.4, 0.5) is 0 Å². The molecule has 0 spiro atoms. The molecule has 6 heteroatoms. The SMILES string of the molecule is Cc1nc(-c2ccc(OC3CC3)c(C#N)c2)[se]c1C(=O)O. The Hall–Kier alpha value is -2.09. The Morgan fingerprint density at radius 3 is 2.86 bits per heavy atom. The number of nitrogens with zero attached hydrogens (tertiary/aromatic N) is 2. The Bertz CT molecular complexity index is 757. The van der Waals surface area contributed by atoms with E-state index in [1.807, 2.05) is 6.07 Å². The summed E-state index contributed by atoms with van der Waals surface area (Å²) in [5, 5.41) is 18.4. The summed E-state index contributed by atoms with van der Waals surface area (Å²) in [6.07, 6.45) is 2.31. The molecule has 0 amide bonds. The van der Waals surface area contributed by atoms with Crippen molar-refractivity contribution in [2.45, 2.75) is 25.9 Å². The molecule has 0 saturated heterocycles. The van der Waals surface area contributed by atoms with E-state index in [0.717, 1.165) is 23.0 Å². The van der Waals surface area contributed by atoms with Crippen molar-refractivity contribution in [3.05, 3.63) is 33.9 Å². The van der Waals surface area contributed by atoms with E-state index < -0.39 is 5.97 Å². The fourth-order valence-electron chi connectivity index (χ4n) is 1.94. The fourth-order valence-corrected chi connectivity index (χ4v) is 3.83. The minimum absolute atomic E-state index is 0.235. The van der Waals surface area contributed by atoms with Gasteiger partial charge in [0.2, 0.25) is 0 Å². The van der Waals surface area contributed by atoms with E-state index in [1.165, 1.54) is 0 Å². The van der Waals surface area contributed by atoms with E-state index in [0.29, 0.717) is 21.4 Å². The van der Waals surface area contributed by atoms with Crippen LogP contribution < -0.4 is 4.74 Å². The van der Waals surface area contributed by atoms with Gasteiger partial charge in [0.25, 0.3) is 0 Å². The van der Waals surface area contributed by atoms with Crippen LogP contribution in [0, 0.1) is 18.3 Å². The Morgan fingerprint density at radius 1 is 1.52 bits per heavy atom. The van der Waals surface area contributed by atoms with Gasteiger partial charge in [0.1, 0.15) is 0 Å². The average molecular weight is 347 g/mol. The second kappa shape index (κ2) is 5.36. The molecule has 0 bridgehead atoms. The van der Waals surface area contributed by atoms with Crippen molar-refractivity contribution in [2.24, 2.45) is 0 Å². The Kier molecular flexibility index (Phi) is 3.54. The van der Waals surface area contributed by atoms with Crippen LogP contribution in [0.15, 0.2) is 18.2 Å². The van der Waals surface area contributed by atoms with Crippen LogP contribution in [0.5, 0.6) is 5.75 Å². The maximum absolute atomic E-state index is 11.1. The summed E-state index contributed by atoms with van der Waals surface area (Å²) in [7, 11) is 0. The van der Waals surface area contributed by atoms with Crippen LogP contribution in [-0.4, -0.2) is 36.7 Å². The molecule has 1 saturated carbocycles. The first kappa shape index (κ1) is 13.9. The molecular weight excluding hydrogens is 335 g/mol. The van der Waals surface area contributed by atoms with Gasteiger partial charge in [0.05, 0.1) is 0 Å². The van der Waals surface area contributed by atoms with Crippen molar-refractivity contribution in [2.75, 3.05) is 0 Å². The van der Waals surface area contributed by atoms with E-state index in [-0.39, 0.29) is 20.6 Å². The Morgan fingerprint density at radius 2 is 2.29 bits per heavy atom. The predicted octanol–water partition coefficient (Wildman–Crippen LogP) is 2.23. The first-order valence-corrected chi connectivity index (χ1v) is 8.21. The fraction of sp³-hybridized carbons (Fsp3) is 0.267. The van der Waals surface area contributed by atoms with Gasteiger partial charge < -0.3 is 0 Å².